The molecular weight excluding hydrogens is 308 g/mol. The molecule has 4 nitrogen and oxygen atoms in total. The summed E-state index contributed by atoms with van der Waals surface area (Å²) in [5.74, 6) is -2.49. The number of carbonyl (C=O) groups excluding carboxylic acids is 1. The van der Waals surface area contributed by atoms with E-state index in [1.165, 1.54) is 6.07 Å². The fourth-order valence-corrected chi connectivity index (χ4v) is 2.41. The van der Waals surface area contributed by atoms with Crippen molar-refractivity contribution < 1.29 is 13.6 Å². The largest absolute Gasteiger partial charge is 0.331 e. The minimum Gasteiger partial charge on any atom is -0.331 e. The Bertz CT molecular complexity index is 625. The van der Waals surface area contributed by atoms with Gasteiger partial charge < -0.3 is 10.6 Å². The number of hydrogen-bond acceptors (Lipinski definition) is 3. The smallest absolute Gasteiger partial charge is 0.319 e. The van der Waals surface area contributed by atoms with Gasteiger partial charge in [0.25, 0.3) is 5.76 Å². The van der Waals surface area contributed by atoms with E-state index in [-0.39, 0.29) is 6.04 Å². The third kappa shape index (κ3) is 5.00. The molecular formula is C15H15F2N3OS. The number of amides is 2. The highest BCUT2D eigenvalue weighted by molar-refractivity contribution is 7.99. The Hall–Kier alpha value is -2.15. The number of hydrogen-bond donors (Lipinski definition) is 2. The van der Waals surface area contributed by atoms with E-state index < -0.39 is 11.8 Å². The molecule has 22 heavy (non-hydrogen) atoms. The van der Waals surface area contributed by atoms with Gasteiger partial charge in [-0.25, -0.2) is 4.79 Å². The number of nitrogens with zero attached hydrogens (tertiary/aromatic N) is 1. The van der Waals surface area contributed by atoms with Crippen molar-refractivity contribution in [1.29, 1.82) is 0 Å². The molecule has 0 bridgehead atoms. The summed E-state index contributed by atoms with van der Waals surface area (Å²) >= 11 is 0.438. The van der Waals surface area contributed by atoms with Crippen molar-refractivity contribution >= 4 is 23.5 Å². The Morgan fingerprint density at radius 2 is 1.95 bits per heavy atom. The third-order valence-corrected chi connectivity index (χ3v) is 3.58. The summed E-state index contributed by atoms with van der Waals surface area (Å²) in [6.07, 6.45) is 3.30. The van der Waals surface area contributed by atoms with E-state index in [1.54, 1.807) is 30.6 Å². The van der Waals surface area contributed by atoms with Crippen molar-refractivity contribution in [1.82, 2.24) is 10.3 Å². The summed E-state index contributed by atoms with van der Waals surface area (Å²) in [5.41, 5.74) is 1.39. The molecule has 0 aliphatic rings. The fraction of sp³-hybridized carbons (Fsp3) is 0.200. The summed E-state index contributed by atoms with van der Waals surface area (Å²) < 4.78 is 24.7. The van der Waals surface area contributed by atoms with Crippen molar-refractivity contribution in [3.63, 3.8) is 0 Å². The van der Waals surface area contributed by atoms with Gasteiger partial charge in [-0.2, -0.15) is 8.78 Å². The maximum Gasteiger partial charge on any atom is 0.319 e. The molecule has 7 heteroatoms. The molecule has 0 aliphatic heterocycles. The Morgan fingerprint density at radius 3 is 2.64 bits per heavy atom. The third-order valence-electron chi connectivity index (χ3n) is 2.87. The standard InChI is InChI=1S/C15H15F2N3OS/c1-10(11-5-7-18-8-6-11)19-15(21)20-12-3-2-4-13(9-12)22-14(16)17/h2-10,14H,1H3,(H2,19,20,21)/t10-/m0/s1. The first kappa shape index (κ1) is 16.2. The van der Waals surface area contributed by atoms with Gasteiger partial charge >= 0.3 is 6.03 Å². The predicted molar refractivity (Wildman–Crippen MR) is 83.1 cm³/mol. The molecule has 2 aromatic rings. The molecule has 0 radical (unpaired) electrons. The van der Waals surface area contributed by atoms with Gasteiger partial charge in [0.05, 0.1) is 6.04 Å². The number of pyridine rings is 1. The van der Waals surface area contributed by atoms with Crippen LogP contribution < -0.4 is 10.6 Å². The lowest BCUT2D eigenvalue weighted by molar-refractivity contribution is 0.249. The number of halogens is 2. The Kier molecular flexibility index (Phi) is 5.71. The molecule has 2 rings (SSSR count). The second-order valence-electron chi connectivity index (χ2n) is 4.51. The number of urea groups is 1. The van der Waals surface area contributed by atoms with Crippen LogP contribution in [0.25, 0.3) is 0 Å². The molecule has 2 N–H and O–H groups in total. The van der Waals surface area contributed by atoms with Crippen LogP contribution in [0.15, 0.2) is 53.7 Å². The van der Waals surface area contributed by atoms with Crippen molar-refractivity contribution in [3.8, 4) is 0 Å². The zero-order valence-electron chi connectivity index (χ0n) is 11.8. The maximum absolute atomic E-state index is 12.3. The van der Waals surface area contributed by atoms with E-state index in [0.29, 0.717) is 22.3 Å². The highest BCUT2D eigenvalue weighted by Crippen LogP contribution is 2.27. The number of anilines is 1. The Labute approximate surface area is 131 Å². The highest BCUT2D eigenvalue weighted by atomic mass is 32.2. The van der Waals surface area contributed by atoms with Crippen LogP contribution in [-0.4, -0.2) is 16.8 Å². The van der Waals surface area contributed by atoms with Gasteiger partial charge in [0.1, 0.15) is 0 Å². The van der Waals surface area contributed by atoms with Crippen LogP contribution in [-0.2, 0) is 0 Å². The summed E-state index contributed by atoms with van der Waals surface area (Å²) in [7, 11) is 0. The summed E-state index contributed by atoms with van der Waals surface area (Å²) in [6.45, 7) is 1.85. The molecule has 0 aliphatic carbocycles. The summed E-state index contributed by atoms with van der Waals surface area (Å²) in [5, 5.41) is 5.40. The van der Waals surface area contributed by atoms with E-state index in [9.17, 15) is 13.6 Å². The van der Waals surface area contributed by atoms with Gasteiger partial charge in [-0.3, -0.25) is 4.98 Å². The minimum absolute atomic E-state index is 0.193. The average Bonchev–Trinajstić information content (AvgIpc) is 2.47. The van der Waals surface area contributed by atoms with Crippen LogP contribution >= 0.6 is 11.8 Å². The number of benzene rings is 1. The van der Waals surface area contributed by atoms with Gasteiger partial charge in [-0.1, -0.05) is 17.8 Å². The first-order valence-corrected chi connectivity index (χ1v) is 7.45. The molecule has 116 valence electrons. The topological polar surface area (TPSA) is 54.0 Å². The van der Waals surface area contributed by atoms with E-state index in [1.807, 2.05) is 19.1 Å². The van der Waals surface area contributed by atoms with E-state index in [0.717, 1.165) is 5.56 Å². The molecule has 1 aromatic heterocycles. The quantitative estimate of drug-likeness (QED) is 0.808. The second kappa shape index (κ2) is 7.74. The average molecular weight is 323 g/mol. The number of nitrogens with one attached hydrogen (secondary N) is 2. The van der Waals surface area contributed by atoms with Crippen LogP contribution in [0.3, 0.4) is 0 Å². The zero-order valence-corrected chi connectivity index (χ0v) is 12.6. The molecule has 1 atom stereocenters. The van der Waals surface area contributed by atoms with Gasteiger partial charge in [0, 0.05) is 23.0 Å². The van der Waals surface area contributed by atoms with Crippen LogP contribution in [0.2, 0.25) is 0 Å². The summed E-state index contributed by atoms with van der Waals surface area (Å²) in [4.78, 5) is 16.3. The van der Waals surface area contributed by atoms with Crippen LogP contribution in [0.1, 0.15) is 18.5 Å². The van der Waals surface area contributed by atoms with Crippen LogP contribution in [0, 0.1) is 0 Å². The molecule has 1 aromatic carbocycles. The molecule has 0 unspecified atom stereocenters. The fourth-order valence-electron chi connectivity index (χ4n) is 1.85. The molecule has 1 heterocycles. The van der Waals surface area contributed by atoms with E-state index in [2.05, 4.69) is 15.6 Å². The second-order valence-corrected chi connectivity index (χ2v) is 5.57. The van der Waals surface area contributed by atoms with Gasteiger partial charge in [0.2, 0.25) is 0 Å². The lowest BCUT2D eigenvalue weighted by Gasteiger charge is -2.15. The van der Waals surface area contributed by atoms with Gasteiger partial charge in [-0.15, -0.1) is 0 Å². The predicted octanol–water partition coefficient (Wildman–Crippen LogP) is 4.28. The SMILES string of the molecule is C[C@H](NC(=O)Nc1cccc(SC(F)F)c1)c1ccncc1. The van der Waals surface area contributed by atoms with Crippen molar-refractivity contribution in [3.05, 3.63) is 54.4 Å². The van der Waals surface area contributed by atoms with Crippen LogP contribution in [0.4, 0.5) is 19.3 Å². The molecule has 0 saturated heterocycles. The lowest BCUT2D eigenvalue weighted by atomic mass is 10.1. The number of alkyl halides is 2. The van der Waals surface area contributed by atoms with Crippen LogP contribution in [0.5, 0.6) is 0 Å². The number of thioether (sulfide) groups is 1. The number of aromatic nitrogens is 1. The van der Waals surface area contributed by atoms with Gasteiger partial charge in [-0.05, 0) is 42.8 Å². The molecule has 0 fully saturated rings. The lowest BCUT2D eigenvalue weighted by Crippen LogP contribution is -2.31. The molecule has 0 saturated carbocycles. The monoisotopic (exact) mass is 323 g/mol. The molecule has 2 amide bonds. The highest BCUT2D eigenvalue weighted by Gasteiger charge is 2.10. The number of rotatable bonds is 5. The molecule has 0 spiro atoms. The van der Waals surface area contributed by atoms with Gasteiger partial charge in [0.15, 0.2) is 0 Å². The van der Waals surface area contributed by atoms with E-state index in [4.69, 9.17) is 0 Å². The van der Waals surface area contributed by atoms with E-state index >= 15 is 0 Å². The summed E-state index contributed by atoms with van der Waals surface area (Å²) in [6, 6.07) is 9.37. The maximum atomic E-state index is 12.3. The minimum atomic E-state index is -2.49. The van der Waals surface area contributed by atoms with Crippen molar-refractivity contribution in [2.75, 3.05) is 5.32 Å². The first-order valence-electron chi connectivity index (χ1n) is 6.57. The normalized spacial score (nSPS) is 12.0. The zero-order chi connectivity index (χ0) is 15.9. The first-order chi connectivity index (χ1) is 10.5. The number of carbonyl (C=O) groups is 1. The Balaban J connectivity index is 1.94. The Morgan fingerprint density at radius 1 is 1.23 bits per heavy atom. The van der Waals surface area contributed by atoms with Crippen molar-refractivity contribution in [2.45, 2.75) is 23.6 Å². The van der Waals surface area contributed by atoms with Crippen molar-refractivity contribution in [2.24, 2.45) is 0 Å².